The predicted molar refractivity (Wildman–Crippen MR) is 63.4 cm³/mol. The Morgan fingerprint density at radius 1 is 1.65 bits per heavy atom. The summed E-state index contributed by atoms with van der Waals surface area (Å²) in [6.45, 7) is 1.96. The first kappa shape index (κ1) is 11.5. The second-order valence-electron chi connectivity index (χ2n) is 3.35. The molecule has 0 radical (unpaired) electrons. The summed E-state index contributed by atoms with van der Waals surface area (Å²) in [5.41, 5.74) is 5.42. The van der Waals surface area contributed by atoms with Crippen molar-refractivity contribution in [1.82, 2.24) is 25.5 Å². The molecule has 90 valence electrons. The summed E-state index contributed by atoms with van der Waals surface area (Å²) in [5, 5.41) is 10.6. The molecule has 2 rings (SSSR count). The Kier molecular flexibility index (Phi) is 3.33. The lowest BCUT2D eigenvalue weighted by Gasteiger charge is -2.12. The van der Waals surface area contributed by atoms with Crippen LogP contribution in [0.15, 0.2) is 12.4 Å². The van der Waals surface area contributed by atoms with E-state index >= 15 is 0 Å². The fourth-order valence-corrected chi connectivity index (χ4v) is 1.89. The number of carbonyl (C=O) groups excluding carboxylic acids is 1. The molecule has 0 spiro atoms. The highest BCUT2D eigenvalue weighted by Gasteiger charge is 2.18. The van der Waals surface area contributed by atoms with Crippen molar-refractivity contribution in [1.29, 1.82) is 0 Å². The van der Waals surface area contributed by atoms with Crippen molar-refractivity contribution < 1.29 is 4.79 Å². The Bertz CT molecular complexity index is 493. The third kappa shape index (κ3) is 2.59. The molecule has 4 N–H and O–H groups in total. The van der Waals surface area contributed by atoms with E-state index in [2.05, 4.69) is 25.5 Å². The Morgan fingerprint density at radius 2 is 2.47 bits per heavy atom. The average Bonchev–Trinajstić information content (AvgIpc) is 2.96. The van der Waals surface area contributed by atoms with Crippen LogP contribution in [0.4, 0.5) is 5.13 Å². The lowest BCUT2D eigenvalue weighted by molar-refractivity contribution is 0.0933. The van der Waals surface area contributed by atoms with Gasteiger partial charge in [-0.2, -0.15) is 0 Å². The van der Waals surface area contributed by atoms with Crippen molar-refractivity contribution in [3.8, 4) is 0 Å². The fraction of sp³-hybridized carbons (Fsp3) is 0.333. The minimum atomic E-state index is -0.289. The number of rotatable bonds is 4. The zero-order valence-electron chi connectivity index (χ0n) is 9.17. The summed E-state index contributed by atoms with van der Waals surface area (Å²) >= 11 is 1.06. The number of nitrogens with zero attached hydrogens (tertiary/aromatic N) is 3. The van der Waals surface area contributed by atoms with E-state index in [-0.39, 0.29) is 22.1 Å². The highest BCUT2D eigenvalue weighted by Crippen LogP contribution is 2.15. The van der Waals surface area contributed by atoms with Gasteiger partial charge in [0.2, 0.25) is 10.1 Å². The van der Waals surface area contributed by atoms with Crippen LogP contribution in [0.1, 0.15) is 35.0 Å². The van der Waals surface area contributed by atoms with Gasteiger partial charge in [0, 0.05) is 12.4 Å². The van der Waals surface area contributed by atoms with Gasteiger partial charge in [0.25, 0.3) is 5.91 Å². The van der Waals surface area contributed by atoms with E-state index in [0.717, 1.165) is 23.6 Å². The number of imidazole rings is 1. The summed E-state index contributed by atoms with van der Waals surface area (Å²) in [7, 11) is 0. The number of nitrogens with one attached hydrogen (secondary N) is 2. The highest BCUT2D eigenvalue weighted by atomic mass is 32.1. The van der Waals surface area contributed by atoms with Crippen molar-refractivity contribution in [3.63, 3.8) is 0 Å². The van der Waals surface area contributed by atoms with Crippen LogP contribution < -0.4 is 11.1 Å². The maximum Gasteiger partial charge on any atom is 0.282 e. The van der Waals surface area contributed by atoms with E-state index in [0.29, 0.717) is 0 Å². The molecule has 0 aliphatic rings. The van der Waals surface area contributed by atoms with Gasteiger partial charge < -0.3 is 16.0 Å². The first-order valence-electron chi connectivity index (χ1n) is 5.09. The Balaban J connectivity index is 2.07. The molecular formula is C9H12N6OS. The molecule has 8 heteroatoms. The molecule has 1 amide bonds. The van der Waals surface area contributed by atoms with Crippen LogP contribution in [0.2, 0.25) is 0 Å². The number of hydrogen-bond donors (Lipinski definition) is 3. The molecule has 0 aliphatic carbocycles. The topological polar surface area (TPSA) is 110 Å². The van der Waals surface area contributed by atoms with Gasteiger partial charge in [0.05, 0.1) is 6.04 Å². The van der Waals surface area contributed by atoms with Crippen LogP contribution >= 0.6 is 11.3 Å². The van der Waals surface area contributed by atoms with E-state index in [1.165, 1.54) is 0 Å². The molecule has 0 aliphatic heterocycles. The minimum absolute atomic E-state index is 0.164. The van der Waals surface area contributed by atoms with Gasteiger partial charge in [0.15, 0.2) is 0 Å². The van der Waals surface area contributed by atoms with Gasteiger partial charge in [-0.05, 0) is 6.42 Å². The van der Waals surface area contributed by atoms with Gasteiger partial charge in [-0.3, -0.25) is 4.79 Å². The average molecular weight is 252 g/mol. The largest absolute Gasteiger partial charge is 0.374 e. The number of carbonyl (C=O) groups is 1. The molecule has 0 bridgehead atoms. The third-order valence-corrected chi connectivity index (χ3v) is 2.95. The molecule has 17 heavy (non-hydrogen) atoms. The van der Waals surface area contributed by atoms with E-state index in [1.54, 1.807) is 12.4 Å². The van der Waals surface area contributed by atoms with E-state index in [4.69, 9.17) is 5.73 Å². The third-order valence-electron chi connectivity index (χ3n) is 2.20. The zero-order chi connectivity index (χ0) is 12.3. The molecule has 1 unspecified atom stereocenters. The first-order chi connectivity index (χ1) is 8.20. The van der Waals surface area contributed by atoms with Crippen molar-refractivity contribution in [2.75, 3.05) is 5.73 Å². The Hall–Kier alpha value is -1.96. The monoisotopic (exact) mass is 252 g/mol. The van der Waals surface area contributed by atoms with Crippen molar-refractivity contribution in [3.05, 3.63) is 23.2 Å². The number of anilines is 1. The molecule has 7 nitrogen and oxygen atoms in total. The molecule has 2 aromatic heterocycles. The van der Waals surface area contributed by atoms with Gasteiger partial charge in [-0.15, -0.1) is 10.2 Å². The number of hydrogen-bond acceptors (Lipinski definition) is 6. The van der Waals surface area contributed by atoms with Crippen molar-refractivity contribution >= 4 is 22.4 Å². The quantitative estimate of drug-likeness (QED) is 0.743. The second kappa shape index (κ2) is 4.91. The minimum Gasteiger partial charge on any atom is -0.374 e. The normalized spacial score (nSPS) is 12.3. The maximum atomic E-state index is 11.8. The highest BCUT2D eigenvalue weighted by molar-refractivity contribution is 7.16. The molecule has 2 aromatic rings. The number of aromatic amines is 1. The standard InChI is InChI=1S/C9H12N6OS/c1-2-5(6-11-3-4-12-6)13-7(16)8-14-15-9(10)17-8/h3-5H,2H2,1H3,(H2,10,15)(H,11,12)(H,13,16). The van der Waals surface area contributed by atoms with Gasteiger partial charge in [-0.1, -0.05) is 18.3 Å². The summed E-state index contributed by atoms with van der Waals surface area (Å²) in [4.78, 5) is 18.9. The van der Waals surface area contributed by atoms with Gasteiger partial charge in [0.1, 0.15) is 5.82 Å². The number of H-pyrrole nitrogens is 1. The SMILES string of the molecule is CCC(NC(=O)c1nnc(N)s1)c1ncc[nH]1. The van der Waals surface area contributed by atoms with E-state index in [9.17, 15) is 4.79 Å². The van der Waals surface area contributed by atoms with Crippen LogP contribution in [0.25, 0.3) is 0 Å². The Morgan fingerprint density at radius 3 is 3.00 bits per heavy atom. The van der Waals surface area contributed by atoms with E-state index < -0.39 is 0 Å². The summed E-state index contributed by atoms with van der Waals surface area (Å²) in [6, 6.07) is -0.164. The molecule has 1 atom stereocenters. The summed E-state index contributed by atoms with van der Waals surface area (Å²) in [5.74, 6) is 0.431. The number of nitrogen functional groups attached to an aromatic ring is 1. The van der Waals surface area contributed by atoms with E-state index in [1.807, 2.05) is 6.92 Å². The maximum absolute atomic E-state index is 11.8. The molecule has 0 saturated heterocycles. The van der Waals surface area contributed by atoms with Gasteiger partial charge >= 0.3 is 0 Å². The second-order valence-corrected chi connectivity index (χ2v) is 4.36. The smallest absolute Gasteiger partial charge is 0.282 e. The van der Waals surface area contributed by atoms with Crippen LogP contribution in [0.3, 0.4) is 0 Å². The molecule has 0 fully saturated rings. The number of aromatic nitrogens is 4. The number of amides is 1. The molecule has 0 aromatic carbocycles. The molecule has 2 heterocycles. The van der Waals surface area contributed by atoms with Crippen molar-refractivity contribution in [2.24, 2.45) is 0 Å². The molecular weight excluding hydrogens is 240 g/mol. The van der Waals surface area contributed by atoms with Crippen LogP contribution in [0, 0.1) is 0 Å². The molecule has 0 saturated carbocycles. The number of nitrogens with two attached hydrogens (primary N) is 1. The van der Waals surface area contributed by atoms with Crippen LogP contribution in [0.5, 0.6) is 0 Å². The predicted octanol–water partition coefficient (Wildman–Crippen LogP) is 0.724. The zero-order valence-corrected chi connectivity index (χ0v) is 9.99. The van der Waals surface area contributed by atoms with Crippen LogP contribution in [-0.4, -0.2) is 26.1 Å². The lowest BCUT2D eigenvalue weighted by Crippen LogP contribution is -2.28. The lowest BCUT2D eigenvalue weighted by atomic mass is 10.2. The fourth-order valence-electron chi connectivity index (χ4n) is 1.38. The Labute approximate surface area is 101 Å². The van der Waals surface area contributed by atoms with Crippen LogP contribution in [-0.2, 0) is 0 Å². The van der Waals surface area contributed by atoms with Gasteiger partial charge in [-0.25, -0.2) is 4.98 Å². The first-order valence-corrected chi connectivity index (χ1v) is 5.91. The van der Waals surface area contributed by atoms with Crippen molar-refractivity contribution in [2.45, 2.75) is 19.4 Å². The summed E-state index contributed by atoms with van der Waals surface area (Å²) in [6.07, 6.45) is 4.09. The summed E-state index contributed by atoms with van der Waals surface area (Å²) < 4.78 is 0.